The molecule has 0 saturated heterocycles. The molecule has 0 saturated carbocycles. The molecule has 0 aliphatic rings. The number of nitrogens with zero attached hydrogens (tertiary/aromatic N) is 1. The zero-order valence-corrected chi connectivity index (χ0v) is 12.2. The first kappa shape index (κ1) is 15.9. The molecule has 0 aliphatic heterocycles. The predicted octanol–water partition coefficient (Wildman–Crippen LogP) is 2.33. The number of carboxylic acids is 1. The van der Waals surface area contributed by atoms with Gasteiger partial charge >= 0.3 is 5.97 Å². The Morgan fingerprint density at radius 1 is 1.21 bits per heavy atom. The van der Waals surface area contributed by atoms with Crippen LogP contribution in [0.15, 0.2) is 12.1 Å². The number of anilines is 1. The second-order valence-electron chi connectivity index (χ2n) is 3.82. The molecular weight excluding hydrogens is 266 g/mol. The molecule has 0 radical (unpaired) electrons. The zero-order chi connectivity index (χ0) is 14.1. The molecule has 0 bridgehead atoms. The van der Waals surface area contributed by atoms with Crippen LogP contribution in [-0.2, 0) is 9.47 Å². The van der Waals surface area contributed by atoms with Gasteiger partial charge in [0.2, 0.25) is 0 Å². The van der Waals surface area contributed by atoms with E-state index >= 15 is 0 Å². The quantitative estimate of drug-likeness (QED) is 0.669. The molecule has 1 aromatic rings. The summed E-state index contributed by atoms with van der Waals surface area (Å²) in [6.07, 6.45) is 0. The number of aromatic carboxylic acids is 1. The van der Waals surface area contributed by atoms with Crippen LogP contribution in [0, 0.1) is 0 Å². The first-order chi connectivity index (χ1) is 9.19. The lowest BCUT2D eigenvalue weighted by molar-refractivity contribution is 0.0702. The highest BCUT2D eigenvalue weighted by Crippen LogP contribution is 2.25. The van der Waals surface area contributed by atoms with Crippen LogP contribution < -0.4 is 4.90 Å². The average Bonchev–Trinajstić information content (AvgIpc) is 2.87. The number of hydrogen-bond donors (Lipinski definition) is 1. The van der Waals surface area contributed by atoms with Gasteiger partial charge in [-0.25, -0.2) is 4.79 Å². The molecule has 0 amide bonds. The van der Waals surface area contributed by atoms with Gasteiger partial charge in [0.15, 0.2) is 0 Å². The lowest BCUT2D eigenvalue weighted by Crippen LogP contribution is -2.30. The number of carbonyl (C=O) groups is 1. The van der Waals surface area contributed by atoms with Gasteiger partial charge in [-0.3, -0.25) is 0 Å². The van der Waals surface area contributed by atoms with E-state index in [-0.39, 0.29) is 0 Å². The van der Waals surface area contributed by atoms with Crippen molar-refractivity contribution in [1.82, 2.24) is 0 Å². The third-order valence-electron chi connectivity index (χ3n) is 2.53. The summed E-state index contributed by atoms with van der Waals surface area (Å²) in [5.74, 6) is -0.884. The van der Waals surface area contributed by atoms with Crippen molar-refractivity contribution in [3.8, 4) is 0 Å². The summed E-state index contributed by atoms with van der Waals surface area (Å²) in [5, 5.41) is 9.89. The summed E-state index contributed by atoms with van der Waals surface area (Å²) in [5.41, 5.74) is 0. The van der Waals surface area contributed by atoms with Crippen molar-refractivity contribution in [2.24, 2.45) is 0 Å². The van der Waals surface area contributed by atoms with Crippen LogP contribution in [0.4, 0.5) is 5.00 Å². The average molecular weight is 287 g/mol. The highest BCUT2D eigenvalue weighted by Gasteiger charge is 2.12. The second kappa shape index (κ2) is 8.90. The molecule has 0 atom stereocenters. The SMILES string of the molecule is CCOCCN(CCOCC)c1ccc(C(=O)O)s1. The van der Waals surface area contributed by atoms with Crippen LogP contribution in [0.25, 0.3) is 0 Å². The maximum atomic E-state index is 10.9. The molecule has 1 heterocycles. The van der Waals surface area contributed by atoms with E-state index in [9.17, 15) is 4.79 Å². The topological polar surface area (TPSA) is 59.0 Å². The summed E-state index contributed by atoms with van der Waals surface area (Å²) in [6.45, 7) is 8.01. The summed E-state index contributed by atoms with van der Waals surface area (Å²) >= 11 is 1.28. The fourth-order valence-corrected chi connectivity index (χ4v) is 2.48. The Balaban J connectivity index is 2.61. The third-order valence-corrected chi connectivity index (χ3v) is 3.67. The van der Waals surface area contributed by atoms with Crippen LogP contribution in [0.2, 0.25) is 0 Å². The molecule has 108 valence electrons. The first-order valence-electron chi connectivity index (χ1n) is 6.42. The van der Waals surface area contributed by atoms with Crippen molar-refractivity contribution < 1.29 is 19.4 Å². The van der Waals surface area contributed by atoms with Gasteiger partial charge in [0, 0.05) is 26.3 Å². The Hall–Kier alpha value is -1.11. The summed E-state index contributed by atoms with van der Waals surface area (Å²) < 4.78 is 10.7. The van der Waals surface area contributed by atoms with Gasteiger partial charge in [-0.15, -0.1) is 11.3 Å². The van der Waals surface area contributed by atoms with E-state index in [2.05, 4.69) is 4.90 Å². The normalized spacial score (nSPS) is 10.6. The van der Waals surface area contributed by atoms with E-state index in [1.165, 1.54) is 11.3 Å². The number of ether oxygens (including phenoxy) is 2. The predicted molar refractivity (Wildman–Crippen MR) is 76.5 cm³/mol. The van der Waals surface area contributed by atoms with Gasteiger partial charge in [-0.1, -0.05) is 0 Å². The van der Waals surface area contributed by atoms with Crippen molar-refractivity contribution in [1.29, 1.82) is 0 Å². The van der Waals surface area contributed by atoms with E-state index in [0.717, 1.165) is 18.1 Å². The van der Waals surface area contributed by atoms with Crippen LogP contribution in [0.5, 0.6) is 0 Å². The lowest BCUT2D eigenvalue weighted by atomic mass is 10.4. The maximum absolute atomic E-state index is 10.9. The molecule has 0 fully saturated rings. The molecule has 0 unspecified atom stereocenters. The Morgan fingerprint density at radius 2 is 1.79 bits per heavy atom. The van der Waals surface area contributed by atoms with Gasteiger partial charge in [0.05, 0.1) is 18.2 Å². The van der Waals surface area contributed by atoms with E-state index in [1.54, 1.807) is 6.07 Å². The number of carboxylic acid groups (broad SMARTS) is 1. The molecule has 6 heteroatoms. The van der Waals surface area contributed by atoms with Crippen LogP contribution in [0.1, 0.15) is 23.5 Å². The first-order valence-corrected chi connectivity index (χ1v) is 7.24. The smallest absolute Gasteiger partial charge is 0.345 e. The van der Waals surface area contributed by atoms with Crippen molar-refractivity contribution >= 4 is 22.3 Å². The molecule has 1 N–H and O–H groups in total. The monoisotopic (exact) mass is 287 g/mol. The molecule has 0 aliphatic carbocycles. The van der Waals surface area contributed by atoms with Crippen molar-refractivity contribution in [3.63, 3.8) is 0 Å². The van der Waals surface area contributed by atoms with E-state index in [4.69, 9.17) is 14.6 Å². The lowest BCUT2D eigenvalue weighted by Gasteiger charge is -2.22. The highest BCUT2D eigenvalue weighted by molar-refractivity contribution is 7.17. The third kappa shape index (κ3) is 5.59. The number of thiophene rings is 1. The fraction of sp³-hybridized carbons (Fsp3) is 0.615. The molecule has 0 spiro atoms. The molecule has 1 aromatic heterocycles. The van der Waals surface area contributed by atoms with Gasteiger partial charge in [-0.2, -0.15) is 0 Å². The van der Waals surface area contributed by atoms with Crippen molar-refractivity contribution in [3.05, 3.63) is 17.0 Å². The maximum Gasteiger partial charge on any atom is 0.345 e. The van der Waals surface area contributed by atoms with Crippen LogP contribution in [-0.4, -0.2) is 50.6 Å². The molecule has 0 aromatic carbocycles. The van der Waals surface area contributed by atoms with Gasteiger partial charge in [0.1, 0.15) is 4.88 Å². The van der Waals surface area contributed by atoms with Crippen LogP contribution in [0.3, 0.4) is 0 Å². The molecule has 1 rings (SSSR count). The Kier molecular flexibility index (Phi) is 7.47. The Bertz CT molecular complexity index is 370. The van der Waals surface area contributed by atoms with E-state index < -0.39 is 5.97 Å². The minimum atomic E-state index is -0.884. The zero-order valence-electron chi connectivity index (χ0n) is 11.4. The molecule has 5 nitrogen and oxygen atoms in total. The van der Waals surface area contributed by atoms with Crippen molar-refractivity contribution in [2.45, 2.75) is 13.8 Å². The van der Waals surface area contributed by atoms with Crippen LogP contribution >= 0.6 is 11.3 Å². The number of rotatable bonds is 10. The highest BCUT2D eigenvalue weighted by atomic mass is 32.1. The summed E-state index contributed by atoms with van der Waals surface area (Å²) in [4.78, 5) is 13.4. The molecular formula is C13H21NO4S. The number of hydrogen-bond acceptors (Lipinski definition) is 5. The summed E-state index contributed by atoms with van der Waals surface area (Å²) in [6, 6.07) is 3.47. The van der Waals surface area contributed by atoms with Gasteiger partial charge < -0.3 is 19.5 Å². The Morgan fingerprint density at radius 3 is 2.21 bits per heavy atom. The van der Waals surface area contributed by atoms with E-state index in [0.29, 0.717) is 31.3 Å². The fourth-order valence-electron chi connectivity index (χ4n) is 1.58. The standard InChI is InChI=1S/C13H21NO4S/c1-3-17-9-7-14(8-10-18-4-2)12-6-5-11(19-12)13(15)16/h5-6H,3-4,7-10H2,1-2H3,(H,15,16). The molecule has 19 heavy (non-hydrogen) atoms. The minimum absolute atomic E-state index is 0.354. The van der Waals surface area contributed by atoms with E-state index in [1.807, 2.05) is 19.9 Å². The largest absolute Gasteiger partial charge is 0.477 e. The second-order valence-corrected chi connectivity index (χ2v) is 4.89. The van der Waals surface area contributed by atoms with Gasteiger partial charge in [-0.05, 0) is 26.0 Å². The van der Waals surface area contributed by atoms with Crippen molar-refractivity contribution in [2.75, 3.05) is 44.4 Å². The minimum Gasteiger partial charge on any atom is -0.477 e. The van der Waals surface area contributed by atoms with Gasteiger partial charge in [0.25, 0.3) is 0 Å². The Labute approximate surface area is 117 Å². The summed E-state index contributed by atoms with van der Waals surface area (Å²) in [7, 11) is 0.